The lowest BCUT2D eigenvalue weighted by atomic mass is 10.0. The Kier molecular flexibility index (Phi) is 8.32. The smallest absolute Gasteiger partial charge is 0.335 e. The van der Waals surface area contributed by atoms with Crippen LogP contribution in [0.3, 0.4) is 0 Å². The van der Waals surface area contributed by atoms with Crippen molar-refractivity contribution in [3.8, 4) is 11.6 Å². The molecule has 1 amide bonds. The molecule has 1 saturated heterocycles. The van der Waals surface area contributed by atoms with E-state index in [-0.39, 0.29) is 17.3 Å². The fourth-order valence-corrected chi connectivity index (χ4v) is 4.53. The van der Waals surface area contributed by atoms with Crippen LogP contribution >= 0.6 is 0 Å². The summed E-state index contributed by atoms with van der Waals surface area (Å²) in [6.07, 6.45) is 3.79. The van der Waals surface area contributed by atoms with E-state index in [0.29, 0.717) is 28.9 Å². The number of likely N-dealkylation sites (tertiary alicyclic amines) is 1. The normalized spacial score (nSPS) is 13.9. The second-order valence-electron chi connectivity index (χ2n) is 9.67. The number of carboxylic acid groups (broad SMARTS) is 1. The molecule has 1 aliphatic heterocycles. The van der Waals surface area contributed by atoms with Gasteiger partial charge in [0.05, 0.1) is 5.56 Å². The molecule has 9 heteroatoms. The summed E-state index contributed by atoms with van der Waals surface area (Å²) in [5, 5.41) is 15.3. The van der Waals surface area contributed by atoms with Gasteiger partial charge in [-0.2, -0.15) is 0 Å². The number of nitrogens with one attached hydrogen (secondary N) is 2. The van der Waals surface area contributed by atoms with Gasteiger partial charge in [0.1, 0.15) is 11.6 Å². The molecular weight excluding hydrogens is 511 g/mol. The monoisotopic (exact) mass is 540 g/mol. The lowest BCUT2D eigenvalue weighted by Gasteiger charge is -2.32. The van der Waals surface area contributed by atoms with E-state index in [1.54, 1.807) is 30.5 Å². The third-order valence-corrected chi connectivity index (χ3v) is 6.74. The number of aromatic carboxylic acids is 1. The molecule has 0 saturated carbocycles. The minimum absolute atomic E-state index is 0.205. The number of nitrogens with zero attached hydrogens (tertiary/aromatic N) is 2. The molecule has 1 aliphatic rings. The number of anilines is 2. The predicted molar refractivity (Wildman–Crippen MR) is 150 cm³/mol. The van der Waals surface area contributed by atoms with Crippen molar-refractivity contribution in [2.24, 2.45) is 0 Å². The number of carbonyl (C=O) groups excluding carboxylic acids is 1. The van der Waals surface area contributed by atoms with Crippen LogP contribution in [0.5, 0.6) is 11.6 Å². The number of hydrogen-bond acceptors (Lipinski definition) is 6. The van der Waals surface area contributed by atoms with E-state index in [9.17, 15) is 14.0 Å². The molecule has 0 spiro atoms. The number of piperidine rings is 1. The van der Waals surface area contributed by atoms with Crippen LogP contribution in [-0.2, 0) is 6.54 Å². The zero-order valence-corrected chi connectivity index (χ0v) is 21.7. The van der Waals surface area contributed by atoms with E-state index >= 15 is 0 Å². The lowest BCUT2D eigenvalue weighted by molar-refractivity contribution is 0.0696. The van der Waals surface area contributed by atoms with Crippen LogP contribution in [0.4, 0.5) is 15.8 Å². The molecule has 1 aromatic heterocycles. The first-order valence-corrected chi connectivity index (χ1v) is 13.0. The Balaban J connectivity index is 1.05. The van der Waals surface area contributed by atoms with Gasteiger partial charge in [0.25, 0.3) is 5.91 Å². The number of carboxylic acids is 1. The number of benzene rings is 3. The predicted octanol–water partition coefficient (Wildman–Crippen LogP) is 6.04. The maximum absolute atomic E-state index is 13.1. The molecule has 4 aromatic rings. The van der Waals surface area contributed by atoms with Gasteiger partial charge in [0.15, 0.2) is 0 Å². The molecule has 0 unspecified atom stereocenters. The SMILES string of the molecule is O=C(O)c1ccc(Oc2ccc(CN3CCC(Nc4ccc(C(=O)Nc5ccc(F)cc5)cc4)CC3)cn2)cc1. The second-order valence-corrected chi connectivity index (χ2v) is 9.67. The van der Waals surface area contributed by atoms with Crippen LogP contribution in [-0.4, -0.2) is 46.0 Å². The summed E-state index contributed by atoms with van der Waals surface area (Å²) in [4.78, 5) is 30.2. The maximum atomic E-state index is 13.1. The number of halogens is 1. The molecule has 0 atom stereocenters. The van der Waals surface area contributed by atoms with Gasteiger partial charge in [-0.1, -0.05) is 6.07 Å². The molecule has 0 radical (unpaired) electrons. The van der Waals surface area contributed by atoms with Gasteiger partial charge >= 0.3 is 5.97 Å². The van der Waals surface area contributed by atoms with Crippen molar-refractivity contribution in [3.05, 3.63) is 114 Å². The van der Waals surface area contributed by atoms with Crippen LogP contribution in [0.1, 0.15) is 39.1 Å². The third-order valence-electron chi connectivity index (χ3n) is 6.74. The molecule has 8 nitrogen and oxygen atoms in total. The summed E-state index contributed by atoms with van der Waals surface area (Å²) in [5.41, 5.74) is 3.34. The molecule has 3 aromatic carbocycles. The van der Waals surface area contributed by atoms with Crippen LogP contribution < -0.4 is 15.4 Å². The van der Waals surface area contributed by atoms with E-state index in [4.69, 9.17) is 9.84 Å². The Morgan fingerprint density at radius 1 is 0.875 bits per heavy atom. The van der Waals surface area contributed by atoms with Crippen molar-refractivity contribution >= 4 is 23.3 Å². The standard InChI is InChI=1S/C31H29FN4O4/c32-24-6-10-26(11-7-24)35-30(37)22-2-8-25(9-3-22)34-27-15-17-36(18-16-27)20-21-1-14-29(33-19-21)40-28-12-4-23(5-13-28)31(38)39/h1-14,19,27,34H,15-18,20H2,(H,35,37)(H,38,39). The van der Waals surface area contributed by atoms with E-state index in [0.717, 1.165) is 43.7 Å². The van der Waals surface area contributed by atoms with Gasteiger partial charge in [-0.15, -0.1) is 0 Å². The van der Waals surface area contributed by atoms with Crippen LogP contribution in [0.15, 0.2) is 91.1 Å². The summed E-state index contributed by atoms with van der Waals surface area (Å²) in [7, 11) is 0. The molecule has 40 heavy (non-hydrogen) atoms. The van der Waals surface area contributed by atoms with Gasteiger partial charge in [0, 0.05) is 54.9 Å². The number of aromatic nitrogens is 1. The Hall–Kier alpha value is -4.76. The first kappa shape index (κ1) is 26.8. The molecule has 204 valence electrons. The first-order valence-electron chi connectivity index (χ1n) is 13.0. The van der Waals surface area contributed by atoms with Crippen molar-refractivity contribution in [1.29, 1.82) is 0 Å². The second kappa shape index (κ2) is 12.4. The molecule has 3 N–H and O–H groups in total. The first-order chi connectivity index (χ1) is 19.4. The van der Waals surface area contributed by atoms with Crippen molar-refractivity contribution in [1.82, 2.24) is 9.88 Å². The Morgan fingerprint density at radius 3 is 2.15 bits per heavy atom. The molecule has 1 fully saturated rings. The van der Waals surface area contributed by atoms with Gasteiger partial charge in [0.2, 0.25) is 5.88 Å². The van der Waals surface area contributed by atoms with Crippen molar-refractivity contribution in [2.75, 3.05) is 23.7 Å². The highest BCUT2D eigenvalue weighted by atomic mass is 19.1. The van der Waals surface area contributed by atoms with Gasteiger partial charge in [-0.05, 0) is 91.2 Å². The number of pyridine rings is 1. The highest BCUT2D eigenvalue weighted by molar-refractivity contribution is 6.04. The van der Waals surface area contributed by atoms with Crippen molar-refractivity contribution < 1.29 is 23.8 Å². The largest absolute Gasteiger partial charge is 0.478 e. The summed E-state index contributed by atoms with van der Waals surface area (Å²) in [5.74, 6) is -0.582. The van der Waals surface area contributed by atoms with Crippen LogP contribution in [0.2, 0.25) is 0 Å². The third kappa shape index (κ3) is 7.21. The van der Waals surface area contributed by atoms with E-state index in [2.05, 4.69) is 20.5 Å². The van der Waals surface area contributed by atoms with Crippen LogP contribution in [0, 0.1) is 5.82 Å². The quantitative estimate of drug-likeness (QED) is 0.238. The molecule has 2 heterocycles. The van der Waals surface area contributed by atoms with Gasteiger partial charge in [-0.25, -0.2) is 14.2 Å². The minimum Gasteiger partial charge on any atom is -0.478 e. The molecule has 0 aliphatic carbocycles. The average molecular weight is 541 g/mol. The zero-order chi connectivity index (χ0) is 27.9. The zero-order valence-electron chi connectivity index (χ0n) is 21.7. The minimum atomic E-state index is -0.978. The summed E-state index contributed by atoms with van der Waals surface area (Å²) >= 11 is 0. The van der Waals surface area contributed by atoms with E-state index in [1.165, 1.54) is 36.4 Å². The highest BCUT2D eigenvalue weighted by Crippen LogP contribution is 2.22. The molecule has 5 rings (SSSR count). The Morgan fingerprint density at radius 2 is 1.52 bits per heavy atom. The van der Waals surface area contributed by atoms with E-state index in [1.807, 2.05) is 24.3 Å². The molecular formula is C31H29FN4O4. The van der Waals surface area contributed by atoms with Crippen molar-refractivity contribution in [2.45, 2.75) is 25.4 Å². The summed E-state index contributed by atoms with van der Waals surface area (Å²) < 4.78 is 18.8. The maximum Gasteiger partial charge on any atom is 0.335 e. The van der Waals surface area contributed by atoms with Crippen LogP contribution in [0.25, 0.3) is 0 Å². The fourth-order valence-electron chi connectivity index (χ4n) is 4.53. The fraction of sp³-hybridized carbons (Fsp3) is 0.194. The van der Waals surface area contributed by atoms with Gasteiger partial charge in [-0.3, -0.25) is 9.69 Å². The number of ether oxygens (including phenoxy) is 1. The topological polar surface area (TPSA) is 104 Å². The number of carbonyl (C=O) groups is 2. The number of hydrogen-bond donors (Lipinski definition) is 3. The average Bonchev–Trinajstić information content (AvgIpc) is 2.97. The lowest BCUT2D eigenvalue weighted by Crippen LogP contribution is -2.38. The van der Waals surface area contributed by atoms with Gasteiger partial charge < -0.3 is 20.5 Å². The van der Waals surface area contributed by atoms with Crippen molar-refractivity contribution in [3.63, 3.8) is 0 Å². The summed E-state index contributed by atoms with van der Waals surface area (Å²) in [6, 6.07) is 23.4. The Labute approximate surface area is 231 Å². The number of amides is 1. The van der Waals surface area contributed by atoms with E-state index < -0.39 is 5.97 Å². The summed E-state index contributed by atoms with van der Waals surface area (Å²) in [6.45, 7) is 2.69. The number of rotatable bonds is 9. The molecule has 0 bridgehead atoms. The Bertz CT molecular complexity index is 1440. The highest BCUT2D eigenvalue weighted by Gasteiger charge is 2.19.